The maximum atomic E-state index is 4.41. The third kappa shape index (κ3) is 4.37. The monoisotopic (exact) mass is 249 g/mol. The first-order valence-electron chi connectivity index (χ1n) is 6.88. The molecule has 1 rings (SSSR count). The number of nitrogens with one attached hydrogen (secondary N) is 1. The van der Waals surface area contributed by atoms with E-state index in [-0.39, 0.29) is 5.41 Å². The molecule has 0 aromatic carbocycles. The zero-order chi connectivity index (χ0) is 13.8. The summed E-state index contributed by atoms with van der Waals surface area (Å²) in [6.07, 6.45) is 2.65. The van der Waals surface area contributed by atoms with Gasteiger partial charge in [-0.25, -0.2) is 9.97 Å². The van der Waals surface area contributed by atoms with E-state index in [1.54, 1.807) is 6.33 Å². The molecule has 0 amide bonds. The first-order chi connectivity index (χ1) is 8.34. The van der Waals surface area contributed by atoms with E-state index in [9.17, 15) is 0 Å². The highest BCUT2D eigenvalue weighted by atomic mass is 14.9. The van der Waals surface area contributed by atoms with E-state index in [4.69, 9.17) is 0 Å². The molecule has 1 N–H and O–H groups in total. The Hall–Kier alpha value is -0.960. The van der Waals surface area contributed by atoms with Crippen LogP contribution in [0.25, 0.3) is 0 Å². The van der Waals surface area contributed by atoms with Crippen LogP contribution in [0.4, 0.5) is 0 Å². The van der Waals surface area contributed by atoms with Gasteiger partial charge in [0.05, 0.1) is 0 Å². The van der Waals surface area contributed by atoms with Crippen molar-refractivity contribution < 1.29 is 0 Å². The molecule has 0 saturated carbocycles. The fraction of sp³-hybridized carbons (Fsp3) is 0.733. The highest BCUT2D eigenvalue weighted by Crippen LogP contribution is 2.22. The van der Waals surface area contributed by atoms with Crippen molar-refractivity contribution in [1.82, 2.24) is 15.3 Å². The van der Waals surface area contributed by atoms with Crippen LogP contribution in [0.3, 0.4) is 0 Å². The molecule has 102 valence electrons. The predicted octanol–water partition coefficient (Wildman–Crippen LogP) is 3.17. The third-order valence-corrected chi connectivity index (χ3v) is 3.25. The summed E-state index contributed by atoms with van der Waals surface area (Å²) in [6, 6.07) is 2.58. The maximum absolute atomic E-state index is 4.41. The lowest BCUT2D eigenvalue weighted by Crippen LogP contribution is -2.42. The second-order valence-corrected chi connectivity index (χ2v) is 6.27. The van der Waals surface area contributed by atoms with Gasteiger partial charge in [0.25, 0.3) is 0 Å². The first-order valence-corrected chi connectivity index (χ1v) is 6.88. The minimum absolute atomic E-state index is 0.235. The third-order valence-electron chi connectivity index (χ3n) is 3.25. The number of hydrogen-bond donors (Lipinski definition) is 1. The summed E-state index contributed by atoms with van der Waals surface area (Å²) >= 11 is 0. The molecular weight excluding hydrogens is 222 g/mol. The standard InChI is InChI=1S/C15H27N3/c1-7-16-14(15(4,5)6)9-12-8-13(11(2)3)18-10-17-12/h8,10-11,14,16H,7,9H2,1-6H3. The van der Waals surface area contributed by atoms with E-state index in [1.165, 1.54) is 0 Å². The zero-order valence-corrected chi connectivity index (χ0v) is 12.6. The van der Waals surface area contributed by atoms with Gasteiger partial charge >= 0.3 is 0 Å². The topological polar surface area (TPSA) is 37.8 Å². The number of likely N-dealkylation sites (N-methyl/N-ethyl adjacent to an activating group) is 1. The highest BCUT2D eigenvalue weighted by Gasteiger charge is 2.24. The lowest BCUT2D eigenvalue weighted by Gasteiger charge is -2.31. The molecule has 1 heterocycles. The minimum Gasteiger partial charge on any atom is -0.313 e. The number of rotatable bonds is 5. The van der Waals surface area contributed by atoms with Crippen LogP contribution in [-0.2, 0) is 6.42 Å². The molecule has 3 nitrogen and oxygen atoms in total. The average molecular weight is 249 g/mol. The molecule has 3 heteroatoms. The number of hydrogen-bond acceptors (Lipinski definition) is 3. The fourth-order valence-electron chi connectivity index (χ4n) is 1.98. The van der Waals surface area contributed by atoms with Crippen LogP contribution in [0.15, 0.2) is 12.4 Å². The average Bonchev–Trinajstić information content (AvgIpc) is 2.27. The van der Waals surface area contributed by atoms with Crippen molar-refractivity contribution in [3.05, 3.63) is 23.8 Å². The van der Waals surface area contributed by atoms with Gasteiger partial charge in [0.1, 0.15) is 6.33 Å². The van der Waals surface area contributed by atoms with Crippen molar-refractivity contribution in [2.45, 2.75) is 59.9 Å². The van der Waals surface area contributed by atoms with Gasteiger partial charge in [-0.2, -0.15) is 0 Å². The lowest BCUT2D eigenvalue weighted by atomic mass is 9.84. The molecular formula is C15H27N3. The van der Waals surface area contributed by atoms with E-state index in [2.05, 4.69) is 62.9 Å². The molecule has 0 bridgehead atoms. The quantitative estimate of drug-likeness (QED) is 0.871. The van der Waals surface area contributed by atoms with E-state index >= 15 is 0 Å². The van der Waals surface area contributed by atoms with Crippen molar-refractivity contribution in [1.29, 1.82) is 0 Å². The van der Waals surface area contributed by atoms with Gasteiger partial charge in [0.15, 0.2) is 0 Å². The molecule has 0 aliphatic carbocycles. The van der Waals surface area contributed by atoms with Gasteiger partial charge in [0.2, 0.25) is 0 Å². The molecule has 0 radical (unpaired) electrons. The van der Waals surface area contributed by atoms with Crippen LogP contribution in [0, 0.1) is 5.41 Å². The summed E-state index contributed by atoms with van der Waals surface area (Å²) in [6.45, 7) is 14.3. The van der Waals surface area contributed by atoms with Gasteiger partial charge in [-0.15, -0.1) is 0 Å². The largest absolute Gasteiger partial charge is 0.313 e. The molecule has 1 aromatic rings. The van der Waals surface area contributed by atoms with Crippen molar-refractivity contribution >= 4 is 0 Å². The van der Waals surface area contributed by atoms with Gasteiger partial charge in [-0.3, -0.25) is 0 Å². The Morgan fingerprint density at radius 3 is 2.39 bits per heavy atom. The summed E-state index contributed by atoms with van der Waals surface area (Å²) in [5, 5.41) is 3.56. The van der Waals surface area contributed by atoms with E-state index < -0.39 is 0 Å². The molecule has 1 atom stereocenters. The van der Waals surface area contributed by atoms with Crippen LogP contribution in [0.2, 0.25) is 0 Å². The van der Waals surface area contributed by atoms with Gasteiger partial charge in [-0.05, 0) is 23.9 Å². The zero-order valence-electron chi connectivity index (χ0n) is 12.6. The lowest BCUT2D eigenvalue weighted by molar-refractivity contribution is 0.268. The van der Waals surface area contributed by atoms with Crippen LogP contribution < -0.4 is 5.32 Å². The van der Waals surface area contributed by atoms with Crippen molar-refractivity contribution in [2.75, 3.05) is 6.54 Å². The Morgan fingerprint density at radius 2 is 1.89 bits per heavy atom. The fourth-order valence-corrected chi connectivity index (χ4v) is 1.98. The SMILES string of the molecule is CCNC(Cc1cc(C(C)C)ncn1)C(C)(C)C. The van der Waals surface area contributed by atoms with Gasteiger partial charge in [-0.1, -0.05) is 41.5 Å². The summed E-state index contributed by atoms with van der Waals surface area (Å²) in [5.74, 6) is 0.457. The van der Waals surface area contributed by atoms with Crippen molar-refractivity contribution in [3.8, 4) is 0 Å². The van der Waals surface area contributed by atoms with Crippen LogP contribution in [0.1, 0.15) is 58.8 Å². The van der Waals surface area contributed by atoms with Crippen molar-refractivity contribution in [3.63, 3.8) is 0 Å². The normalized spacial score (nSPS) is 13.9. The highest BCUT2D eigenvalue weighted by molar-refractivity contribution is 5.13. The minimum atomic E-state index is 0.235. The summed E-state index contributed by atoms with van der Waals surface area (Å²) < 4.78 is 0. The van der Waals surface area contributed by atoms with Crippen molar-refractivity contribution in [2.24, 2.45) is 5.41 Å². The van der Waals surface area contributed by atoms with E-state index in [0.29, 0.717) is 12.0 Å². The Bertz CT molecular complexity index is 366. The molecule has 0 fully saturated rings. The molecule has 1 aromatic heterocycles. The summed E-state index contributed by atoms with van der Waals surface area (Å²) in [4.78, 5) is 8.73. The second kappa shape index (κ2) is 6.28. The smallest absolute Gasteiger partial charge is 0.115 e. The van der Waals surface area contributed by atoms with E-state index in [0.717, 1.165) is 24.4 Å². The second-order valence-electron chi connectivity index (χ2n) is 6.27. The molecule has 0 saturated heterocycles. The Balaban J connectivity index is 2.84. The molecule has 0 spiro atoms. The number of aromatic nitrogens is 2. The number of nitrogens with zero attached hydrogens (tertiary/aromatic N) is 2. The maximum Gasteiger partial charge on any atom is 0.115 e. The van der Waals surface area contributed by atoms with Gasteiger partial charge in [0, 0.05) is 23.9 Å². The summed E-state index contributed by atoms with van der Waals surface area (Å²) in [7, 11) is 0. The van der Waals surface area contributed by atoms with Gasteiger partial charge < -0.3 is 5.32 Å². The first kappa shape index (κ1) is 15.1. The van der Waals surface area contributed by atoms with Crippen LogP contribution in [0.5, 0.6) is 0 Å². The summed E-state index contributed by atoms with van der Waals surface area (Å²) in [5.41, 5.74) is 2.50. The molecule has 0 aliphatic heterocycles. The Labute approximate surface area is 111 Å². The molecule has 18 heavy (non-hydrogen) atoms. The van der Waals surface area contributed by atoms with E-state index in [1.807, 2.05) is 0 Å². The van der Waals surface area contributed by atoms with Crippen LogP contribution in [-0.4, -0.2) is 22.6 Å². The molecule has 1 unspecified atom stereocenters. The van der Waals surface area contributed by atoms with Crippen LogP contribution >= 0.6 is 0 Å². The Morgan fingerprint density at radius 1 is 1.22 bits per heavy atom. The molecule has 0 aliphatic rings. The predicted molar refractivity (Wildman–Crippen MR) is 76.7 cm³/mol. The Kier molecular flexibility index (Phi) is 5.27.